The first kappa shape index (κ1) is 11.8. The Kier molecular flexibility index (Phi) is 2.55. The first-order valence-electron chi connectivity index (χ1n) is 6.32. The number of benzene rings is 1. The number of para-hydroxylation sites is 1. The molecule has 1 aliphatic rings. The Balaban J connectivity index is 2.28. The van der Waals surface area contributed by atoms with E-state index in [0.717, 1.165) is 10.9 Å². The van der Waals surface area contributed by atoms with E-state index in [9.17, 15) is 9.59 Å². The summed E-state index contributed by atoms with van der Waals surface area (Å²) >= 11 is 0. The second kappa shape index (κ2) is 4.12. The van der Waals surface area contributed by atoms with Gasteiger partial charge in [-0.25, -0.2) is 0 Å². The van der Waals surface area contributed by atoms with Crippen molar-refractivity contribution in [2.24, 2.45) is 5.73 Å². The van der Waals surface area contributed by atoms with E-state index in [0.29, 0.717) is 18.8 Å². The molecule has 0 radical (unpaired) electrons. The van der Waals surface area contributed by atoms with Gasteiger partial charge >= 0.3 is 0 Å². The summed E-state index contributed by atoms with van der Waals surface area (Å²) < 4.78 is 1.77. The van der Waals surface area contributed by atoms with E-state index >= 15 is 0 Å². The van der Waals surface area contributed by atoms with Crippen molar-refractivity contribution in [2.75, 3.05) is 13.1 Å². The summed E-state index contributed by atoms with van der Waals surface area (Å²) in [5.41, 5.74) is 6.92. The van der Waals surface area contributed by atoms with E-state index in [4.69, 9.17) is 5.73 Å². The lowest BCUT2D eigenvalue weighted by Crippen LogP contribution is -2.46. The van der Waals surface area contributed by atoms with E-state index in [1.54, 1.807) is 9.47 Å². The molecule has 0 bridgehead atoms. The highest BCUT2D eigenvalue weighted by Gasteiger charge is 2.34. The van der Waals surface area contributed by atoms with Gasteiger partial charge in [-0.3, -0.25) is 9.59 Å². The summed E-state index contributed by atoms with van der Waals surface area (Å²) in [5, 5.41) is 0.954. The molecule has 0 fully saturated rings. The van der Waals surface area contributed by atoms with Crippen molar-refractivity contribution >= 4 is 22.7 Å². The molecule has 3 rings (SSSR count). The van der Waals surface area contributed by atoms with Crippen LogP contribution >= 0.6 is 0 Å². The average Bonchev–Trinajstić information content (AvgIpc) is 2.79. The third-order valence-corrected chi connectivity index (χ3v) is 3.67. The predicted octanol–water partition coefficient (Wildman–Crippen LogP) is 1.14. The van der Waals surface area contributed by atoms with Gasteiger partial charge in [0.15, 0.2) is 0 Å². The molecule has 2 aromatic rings. The number of fused-ring (bicyclic) bond motifs is 3. The number of carbonyl (C=O) groups is 2. The number of rotatable bonds is 2. The number of nitrogens with zero attached hydrogens (tertiary/aromatic N) is 2. The van der Waals surface area contributed by atoms with Gasteiger partial charge < -0.3 is 15.2 Å². The van der Waals surface area contributed by atoms with Gasteiger partial charge in [0.2, 0.25) is 5.91 Å². The molecule has 5 nitrogen and oxygen atoms in total. The van der Waals surface area contributed by atoms with E-state index in [1.807, 2.05) is 37.3 Å². The Bertz CT molecular complexity index is 674. The maximum atomic E-state index is 12.3. The first-order valence-corrected chi connectivity index (χ1v) is 6.32. The largest absolute Gasteiger partial charge is 0.368 e. The zero-order chi connectivity index (χ0) is 13.6. The molecule has 98 valence electrons. The Morgan fingerprint density at radius 2 is 2.16 bits per heavy atom. The number of likely N-dealkylation sites (N-methyl/N-ethyl adjacent to an activating group) is 1. The van der Waals surface area contributed by atoms with Crippen molar-refractivity contribution in [3.05, 3.63) is 36.0 Å². The monoisotopic (exact) mass is 257 g/mol. The van der Waals surface area contributed by atoms with Gasteiger partial charge in [0.1, 0.15) is 11.7 Å². The minimum atomic E-state index is -0.493. The molecular weight excluding hydrogens is 242 g/mol. The first-order chi connectivity index (χ1) is 9.13. The maximum absolute atomic E-state index is 12.3. The van der Waals surface area contributed by atoms with E-state index in [-0.39, 0.29) is 5.91 Å². The molecule has 1 aromatic carbocycles. The normalized spacial score (nSPS) is 18.7. The number of hydrogen-bond donors (Lipinski definition) is 1. The second-order valence-electron chi connectivity index (χ2n) is 4.72. The van der Waals surface area contributed by atoms with Crippen LogP contribution in [-0.4, -0.2) is 34.4 Å². The molecule has 0 spiro atoms. The Labute approximate surface area is 110 Å². The Hall–Kier alpha value is -2.30. The van der Waals surface area contributed by atoms with Crippen molar-refractivity contribution in [1.29, 1.82) is 0 Å². The lowest BCUT2D eigenvalue weighted by molar-refractivity contribution is -0.121. The van der Waals surface area contributed by atoms with E-state index in [2.05, 4.69) is 0 Å². The van der Waals surface area contributed by atoms with Gasteiger partial charge in [-0.2, -0.15) is 0 Å². The molecule has 19 heavy (non-hydrogen) atoms. The van der Waals surface area contributed by atoms with Gasteiger partial charge in [0, 0.05) is 17.4 Å². The average molecular weight is 257 g/mol. The third-order valence-electron chi connectivity index (χ3n) is 3.67. The van der Waals surface area contributed by atoms with Crippen LogP contribution < -0.4 is 5.73 Å². The Morgan fingerprint density at radius 3 is 2.84 bits per heavy atom. The molecule has 1 unspecified atom stereocenters. The van der Waals surface area contributed by atoms with Crippen molar-refractivity contribution in [3.8, 4) is 0 Å². The highest BCUT2D eigenvalue weighted by Crippen LogP contribution is 2.29. The number of nitrogens with two attached hydrogens (primary N) is 1. The van der Waals surface area contributed by atoms with Crippen molar-refractivity contribution in [2.45, 2.75) is 13.0 Å². The van der Waals surface area contributed by atoms with Gasteiger partial charge in [0.05, 0.1) is 6.54 Å². The van der Waals surface area contributed by atoms with Crippen LogP contribution in [-0.2, 0) is 4.79 Å². The predicted molar refractivity (Wildman–Crippen MR) is 71.7 cm³/mol. The number of carbonyl (C=O) groups excluding carboxylic acids is 2. The van der Waals surface area contributed by atoms with Crippen LogP contribution in [0.3, 0.4) is 0 Å². The molecule has 0 saturated carbocycles. The zero-order valence-electron chi connectivity index (χ0n) is 10.7. The summed E-state index contributed by atoms with van der Waals surface area (Å²) in [4.78, 5) is 25.7. The van der Waals surface area contributed by atoms with Crippen LogP contribution in [0.1, 0.15) is 23.5 Å². The van der Waals surface area contributed by atoms with Crippen LogP contribution in [0, 0.1) is 0 Å². The van der Waals surface area contributed by atoms with Gasteiger partial charge in [-0.15, -0.1) is 0 Å². The zero-order valence-corrected chi connectivity index (χ0v) is 10.7. The third kappa shape index (κ3) is 1.62. The van der Waals surface area contributed by atoms with Gasteiger partial charge in [-0.05, 0) is 19.1 Å². The fourth-order valence-electron chi connectivity index (χ4n) is 2.70. The summed E-state index contributed by atoms with van der Waals surface area (Å²) in [6.45, 7) is 2.81. The Morgan fingerprint density at radius 1 is 1.42 bits per heavy atom. The molecule has 1 atom stereocenters. The standard InChI is InChI=1S/C14H15N3O2/c1-2-16-8-12(13(15)18)17-10-6-4-3-5-9(10)7-11(17)14(16)19/h3-7,12H,2,8H2,1H3,(H2,15,18). The van der Waals surface area contributed by atoms with Gasteiger partial charge in [0.25, 0.3) is 5.91 Å². The topological polar surface area (TPSA) is 68.3 Å². The lowest BCUT2D eigenvalue weighted by Gasteiger charge is -2.32. The molecular formula is C14H15N3O2. The summed E-state index contributed by atoms with van der Waals surface area (Å²) in [7, 11) is 0. The second-order valence-corrected chi connectivity index (χ2v) is 4.72. The highest BCUT2D eigenvalue weighted by molar-refractivity contribution is 6.01. The number of amides is 2. The van der Waals surface area contributed by atoms with Crippen LogP contribution in [0.15, 0.2) is 30.3 Å². The minimum absolute atomic E-state index is 0.0452. The molecule has 1 aromatic heterocycles. The number of aromatic nitrogens is 1. The fraction of sp³-hybridized carbons (Fsp3) is 0.286. The van der Waals surface area contributed by atoms with Crippen LogP contribution in [0.2, 0.25) is 0 Å². The maximum Gasteiger partial charge on any atom is 0.270 e. The molecule has 0 aliphatic carbocycles. The van der Waals surface area contributed by atoms with E-state index < -0.39 is 11.9 Å². The molecule has 1 aliphatic heterocycles. The van der Waals surface area contributed by atoms with Crippen molar-refractivity contribution < 1.29 is 9.59 Å². The summed E-state index contributed by atoms with van der Waals surface area (Å²) in [6, 6.07) is 8.98. The molecule has 2 N–H and O–H groups in total. The fourth-order valence-corrected chi connectivity index (χ4v) is 2.70. The molecule has 2 amide bonds. The van der Waals surface area contributed by atoms with Crippen LogP contribution in [0.25, 0.3) is 10.9 Å². The summed E-state index contributed by atoms with van der Waals surface area (Å²) in [5.74, 6) is -0.454. The molecule has 2 heterocycles. The molecule has 5 heteroatoms. The number of primary amides is 1. The van der Waals surface area contributed by atoms with Gasteiger partial charge in [-0.1, -0.05) is 18.2 Å². The van der Waals surface area contributed by atoms with E-state index in [1.165, 1.54) is 0 Å². The molecule has 0 saturated heterocycles. The quantitative estimate of drug-likeness (QED) is 0.876. The van der Waals surface area contributed by atoms with Crippen LogP contribution in [0.4, 0.5) is 0 Å². The number of hydrogen-bond acceptors (Lipinski definition) is 2. The minimum Gasteiger partial charge on any atom is -0.368 e. The SMILES string of the molecule is CCN1CC(C(N)=O)n2c(cc3ccccc32)C1=O. The van der Waals surface area contributed by atoms with Crippen LogP contribution in [0.5, 0.6) is 0 Å². The highest BCUT2D eigenvalue weighted by atomic mass is 16.2. The smallest absolute Gasteiger partial charge is 0.270 e. The van der Waals surface area contributed by atoms with Crippen molar-refractivity contribution in [3.63, 3.8) is 0 Å². The van der Waals surface area contributed by atoms with Crippen molar-refractivity contribution in [1.82, 2.24) is 9.47 Å². The summed E-state index contributed by atoms with van der Waals surface area (Å²) in [6.07, 6.45) is 0. The lowest BCUT2D eigenvalue weighted by atomic mass is 10.1.